The smallest absolute Gasteiger partial charge is 0.120 e. The number of ether oxygens (including phenoxy) is 1. The number of hydrogen-bond donors (Lipinski definition) is 1. The van der Waals surface area contributed by atoms with E-state index in [1.807, 2.05) is 18.5 Å². The van der Waals surface area contributed by atoms with Crippen molar-refractivity contribution >= 4 is 15.9 Å². The predicted molar refractivity (Wildman–Crippen MR) is 66.3 cm³/mol. The molecule has 1 atom stereocenters. The molecule has 1 unspecified atom stereocenters. The van der Waals surface area contributed by atoms with E-state index in [1.165, 1.54) is 0 Å². The van der Waals surface area contributed by atoms with Crippen molar-refractivity contribution in [3.05, 3.63) is 16.4 Å². The highest BCUT2D eigenvalue weighted by atomic mass is 79.9. The third-order valence-corrected chi connectivity index (χ3v) is 2.78. The molecule has 4 nitrogen and oxygen atoms in total. The molecular formula is C11H19BrN2O2. The van der Waals surface area contributed by atoms with Crippen LogP contribution in [0, 0.1) is 0 Å². The summed E-state index contributed by atoms with van der Waals surface area (Å²) < 4.78 is 8.06. The minimum Gasteiger partial charge on any atom is -0.384 e. The van der Waals surface area contributed by atoms with Crippen LogP contribution in [0.5, 0.6) is 0 Å². The van der Waals surface area contributed by atoms with Gasteiger partial charge in [-0.25, -0.2) is 0 Å². The molecule has 16 heavy (non-hydrogen) atoms. The van der Waals surface area contributed by atoms with Gasteiger partial charge in [0, 0.05) is 6.54 Å². The number of aliphatic hydroxyl groups excluding tert-OH is 1. The van der Waals surface area contributed by atoms with E-state index in [1.54, 1.807) is 6.20 Å². The minimum absolute atomic E-state index is 0.121. The molecule has 92 valence electrons. The predicted octanol–water partition coefficient (Wildman–Crippen LogP) is 2.51. The summed E-state index contributed by atoms with van der Waals surface area (Å²) in [5, 5.41) is 14.2. The Hall–Kier alpha value is -0.390. The number of nitrogens with zero attached hydrogens (tertiary/aromatic N) is 2. The van der Waals surface area contributed by atoms with Gasteiger partial charge in [0.25, 0.3) is 0 Å². The lowest BCUT2D eigenvalue weighted by Crippen LogP contribution is -2.16. The molecular weight excluding hydrogens is 272 g/mol. The lowest BCUT2D eigenvalue weighted by atomic mass is 10.2. The molecule has 1 rings (SSSR count). The van der Waals surface area contributed by atoms with Crippen LogP contribution >= 0.6 is 15.9 Å². The van der Waals surface area contributed by atoms with E-state index < -0.39 is 6.10 Å². The summed E-state index contributed by atoms with van der Waals surface area (Å²) in [6.45, 7) is 7.08. The van der Waals surface area contributed by atoms with Gasteiger partial charge in [-0.15, -0.1) is 0 Å². The van der Waals surface area contributed by atoms with Gasteiger partial charge >= 0.3 is 0 Å². The van der Waals surface area contributed by atoms with E-state index in [0.717, 1.165) is 23.1 Å². The van der Waals surface area contributed by atoms with Crippen molar-refractivity contribution < 1.29 is 9.84 Å². The van der Waals surface area contributed by atoms with Gasteiger partial charge in [-0.1, -0.05) is 6.92 Å². The second-order valence-electron chi connectivity index (χ2n) is 4.00. The van der Waals surface area contributed by atoms with Crippen LogP contribution in [-0.4, -0.2) is 27.6 Å². The van der Waals surface area contributed by atoms with Crippen molar-refractivity contribution in [3.8, 4) is 0 Å². The summed E-state index contributed by atoms with van der Waals surface area (Å²) in [5.41, 5.74) is 0.794. The summed E-state index contributed by atoms with van der Waals surface area (Å²) in [6.07, 6.45) is 2.18. The molecule has 0 radical (unpaired) electrons. The van der Waals surface area contributed by atoms with Crippen molar-refractivity contribution in [2.24, 2.45) is 0 Å². The van der Waals surface area contributed by atoms with Crippen LogP contribution in [0.2, 0.25) is 0 Å². The van der Waals surface area contributed by atoms with Crippen molar-refractivity contribution in [2.75, 3.05) is 6.61 Å². The lowest BCUT2D eigenvalue weighted by molar-refractivity contribution is 0.00115. The maximum atomic E-state index is 10.0. The number of hydrogen-bond acceptors (Lipinski definition) is 3. The first-order valence-electron chi connectivity index (χ1n) is 5.57. The first-order chi connectivity index (χ1) is 7.56. The normalized spacial score (nSPS) is 13.4. The van der Waals surface area contributed by atoms with Gasteiger partial charge in [-0.3, -0.25) is 4.68 Å². The van der Waals surface area contributed by atoms with E-state index in [2.05, 4.69) is 28.0 Å². The van der Waals surface area contributed by atoms with Crippen molar-refractivity contribution in [1.82, 2.24) is 9.78 Å². The summed E-state index contributed by atoms with van der Waals surface area (Å²) in [5.74, 6) is 0. The monoisotopic (exact) mass is 290 g/mol. The van der Waals surface area contributed by atoms with Crippen LogP contribution in [-0.2, 0) is 11.3 Å². The molecule has 1 heterocycles. The SMILES string of the molecule is CCCn1ncc(Br)c1C(O)COC(C)C. The van der Waals surface area contributed by atoms with Gasteiger partial charge in [0.05, 0.1) is 29.1 Å². The zero-order valence-corrected chi connectivity index (χ0v) is 11.6. The number of rotatable bonds is 6. The van der Waals surface area contributed by atoms with Crippen LogP contribution in [0.1, 0.15) is 39.0 Å². The van der Waals surface area contributed by atoms with E-state index in [4.69, 9.17) is 4.74 Å². The highest BCUT2D eigenvalue weighted by Gasteiger charge is 2.18. The average Bonchev–Trinajstić information content (AvgIpc) is 2.57. The number of aryl methyl sites for hydroxylation is 1. The molecule has 1 N–H and O–H groups in total. The van der Waals surface area contributed by atoms with Crippen LogP contribution in [0.15, 0.2) is 10.7 Å². The Balaban J connectivity index is 2.72. The second-order valence-corrected chi connectivity index (χ2v) is 4.85. The molecule has 1 aromatic heterocycles. The van der Waals surface area contributed by atoms with Crippen LogP contribution in [0.25, 0.3) is 0 Å². The van der Waals surface area contributed by atoms with Gasteiger partial charge in [0.1, 0.15) is 6.10 Å². The Kier molecular flexibility index (Phi) is 5.44. The molecule has 1 aromatic rings. The quantitative estimate of drug-likeness (QED) is 0.876. The molecule has 0 aliphatic heterocycles. The summed E-state index contributed by atoms with van der Waals surface area (Å²) in [7, 11) is 0. The van der Waals surface area contributed by atoms with Crippen molar-refractivity contribution in [2.45, 2.75) is 45.9 Å². The molecule has 0 saturated carbocycles. The van der Waals surface area contributed by atoms with Gasteiger partial charge in [-0.05, 0) is 36.2 Å². The topological polar surface area (TPSA) is 47.3 Å². The molecule has 5 heteroatoms. The van der Waals surface area contributed by atoms with Gasteiger partial charge in [0.15, 0.2) is 0 Å². The van der Waals surface area contributed by atoms with Crippen LogP contribution in [0.4, 0.5) is 0 Å². The highest BCUT2D eigenvalue weighted by Crippen LogP contribution is 2.24. The lowest BCUT2D eigenvalue weighted by Gasteiger charge is -2.15. The van der Waals surface area contributed by atoms with Gasteiger partial charge in [0.2, 0.25) is 0 Å². The molecule has 0 aliphatic carbocycles. The van der Waals surface area contributed by atoms with E-state index in [9.17, 15) is 5.11 Å². The highest BCUT2D eigenvalue weighted by molar-refractivity contribution is 9.10. The van der Waals surface area contributed by atoms with E-state index in [0.29, 0.717) is 6.61 Å². The molecule has 0 saturated heterocycles. The molecule has 0 bridgehead atoms. The summed E-state index contributed by atoms with van der Waals surface area (Å²) in [4.78, 5) is 0. The van der Waals surface area contributed by atoms with Crippen LogP contribution in [0.3, 0.4) is 0 Å². The first-order valence-corrected chi connectivity index (χ1v) is 6.36. The Labute approximate surface area is 105 Å². The van der Waals surface area contributed by atoms with E-state index >= 15 is 0 Å². The van der Waals surface area contributed by atoms with E-state index in [-0.39, 0.29) is 6.10 Å². The standard InChI is InChI=1S/C11H19BrN2O2/c1-4-5-14-11(9(12)6-13-14)10(15)7-16-8(2)3/h6,8,10,15H,4-5,7H2,1-3H3. The van der Waals surface area contributed by atoms with Gasteiger partial charge in [-0.2, -0.15) is 5.10 Å². The fourth-order valence-corrected chi connectivity index (χ4v) is 2.02. The second kappa shape index (κ2) is 6.37. The largest absolute Gasteiger partial charge is 0.384 e. The summed E-state index contributed by atoms with van der Waals surface area (Å²) in [6, 6.07) is 0. The first kappa shape index (κ1) is 13.7. The van der Waals surface area contributed by atoms with Crippen LogP contribution < -0.4 is 0 Å². The fraction of sp³-hybridized carbons (Fsp3) is 0.727. The minimum atomic E-state index is -0.633. The molecule has 0 spiro atoms. The maximum absolute atomic E-state index is 10.0. The fourth-order valence-electron chi connectivity index (χ4n) is 1.46. The third kappa shape index (κ3) is 3.57. The zero-order valence-electron chi connectivity index (χ0n) is 9.98. The number of aromatic nitrogens is 2. The zero-order chi connectivity index (χ0) is 12.1. The molecule has 0 aliphatic rings. The Morgan fingerprint density at radius 3 is 2.81 bits per heavy atom. The Morgan fingerprint density at radius 2 is 2.25 bits per heavy atom. The molecule has 0 amide bonds. The molecule has 0 fully saturated rings. The average molecular weight is 291 g/mol. The number of halogens is 1. The van der Waals surface area contributed by atoms with Gasteiger partial charge < -0.3 is 9.84 Å². The Morgan fingerprint density at radius 1 is 1.56 bits per heavy atom. The molecule has 0 aromatic carbocycles. The summed E-state index contributed by atoms with van der Waals surface area (Å²) >= 11 is 3.40. The van der Waals surface area contributed by atoms with Crippen molar-refractivity contribution in [3.63, 3.8) is 0 Å². The third-order valence-electron chi connectivity index (χ3n) is 2.17. The number of aliphatic hydroxyl groups is 1. The Bertz CT molecular complexity index is 326. The van der Waals surface area contributed by atoms with Crippen molar-refractivity contribution in [1.29, 1.82) is 0 Å². The maximum Gasteiger partial charge on any atom is 0.120 e.